The van der Waals surface area contributed by atoms with Crippen LogP contribution < -0.4 is 5.32 Å². The molecule has 1 amide bonds. The summed E-state index contributed by atoms with van der Waals surface area (Å²) in [4.78, 5) is 12.6. The quantitative estimate of drug-likeness (QED) is 0.874. The number of aliphatic hydroxyl groups is 1. The first kappa shape index (κ1) is 16.4. The van der Waals surface area contributed by atoms with Crippen LogP contribution in [0.25, 0.3) is 0 Å². The number of nitrogens with one attached hydrogen (secondary N) is 1. The van der Waals surface area contributed by atoms with Gasteiger partial charge in [0.15, 0.2) is 0 Å². The number of aromatic nitrogens is 2. The van der Waals surface area contributed by atoms with Gasteiger partial charge in [0.25, 0.3) is 0 Å². The average Bonchev–Trinajstić information content (AvgIpc) is 3.03. The summed E-state index contributed by atoms with van der Waals surface area (Å²) >= 11 is 1.50. The minimum Gasteiger partial charge on any atom is -0.393 e. The number of hydrogen-bond donors (Lipinski definition) is 2. The van der Waals surface area contributed by atoms with Gasteiger partial charge in [-0.05, 0) is 56.8 Å². The van der Waals surface area contributed by atoms with Crippen LogP contribution in [0.2, 0.25) is 0 Å². The van der Waals surface area contributed by atoms with Crippen LogP contribution in [0.4, 0.5) is 5.13 Å². The third kappa shape index (κ3) is 3.63. The Bertz CT molecular complexity index is 569. The van der Waals surface area contributed by atoms with Crippen LogP contribution in [0, 0.1) is 17.8 Å². The maximum Gasteiger partial charge on any atom is 0.229 e. The molecule has 1 aliphatic heterocycles. The van der Waals surface area contributed by atoms with Crippen molar-refractivity contribution in [3.8, 4) is 0 Å². The van der Waals surface area contributed by atoms with Gasteiger partial charge in [0.2, 0.25) is 11.0 Å². The van der Waals surface area contributed by atoms with E-state index in [2.05, 4.69) is 15.5 Å². The molecular weight excluding hydrogens is 326 g/mol. The van der Waals surface area contributed by atoms with Crippen molar-refractivity contribution in [1.82, 2.24) is 10.2 Å². The summed E-state index contributed by atoms with van der Waals surface area (Å²) in [6.45, 7) is 1.56. The van der Waals surface area contributed by atoms with Crippen molar-refractivity contribution in [2.75, 3.05) is 18.5 Å². The Kier molecular flexibility index (Phi) is 4.83. The van der Waals surface area contributed by atoms with Gasteiger partial charge < -0.3 is 15.2 Å². The molecule has 2 aliphatic carbocycles. The molecule has 3 fully saturated rings. The van der Waals surface area contributed by atoms with E-state index < -0.39 is 0 Å². The maximum absolute atomic E-state index is 12.6. The van der Waals surface area contributed by atoms with Gasteiger partial charge in [-0.1, -0.05) is 11.3 Å². The van der Waals surface area contributed by atoms with Crippen LogP contribution in [0.5, 0.6) is 0 Å². The summed E-state index contributed by atoms with van der Waals surface area (Å²) in [5.74, 6) is 1.54. The van der Waals surface area contributed by atoms with Crippen molar-refractivity contribution < 1.29 is 14.6 Å². The van der Waals surface area contributed by atoms with Crippen molar-refractivity contribution in [3.05, 3.63) is 5.01 Å². The molecule has 2 unspecified atom stereocenters. The molecule has 2 bridgehead atoms. The van der Waals surface area contributed by atoms with Gasteiger partial charge in [-0.3, -0.25) is 4.79 Å². The summed E-state index contributed by atoms with van der Waals surface area (Å²) in [5, 5.41) is 22.9. The Morgan fingerprint density at radius 1 is 1.08 bits per heavy atom. The molecule has 6 nitrogen and oxygen atoms in total. The van der Waals surface area contributed by atoms with E-state index in [-0.39, 0.29) is 17.9 Å². The third-order valence-electron chi connectivity index (χ3n) is 5.73. The van der Waals surface area contributed by atoms with Crippen LogP contribution in [0.3, 0.4) is 0 Å². The predicted molar refractivity (Wildman–Crippen MR) is 90.9 cm³/mol. The van der Waals surface area contributed by atoms with Crippen molar-refractivity contribution >= 4 is 22.4 Å². The second-order valence-electron chi connectivity index (χ2n) is 7.58. The molecule has 0 spiro atoms. The molecule has 24 heavy (non-hydrogen) atoms. The van der Waals surface area contributed by atoms with Crippen LogP contribution in [0.1, 0.15) is 55.9 Å². The second-order valence-corrected chi connectivity index (χ2v) is 8.59. The van der Waals surface area contributed by atoms with E-state index in [4.69, 9.17) is 4.74 Å². The number of ether oxygens (including phenoxy) is 1. The van der Waals surface area contributed by atoms with Gasteiger partial charge in [-0.2, -0.15) is 0 Å². The van der Waals surface area contributed by atoms with E-state index in [1.807, 2.05) is 0 Å². The lowest BCUT2D eigenvalue weighted by atomic mass is 9.67. The first-order chi connectivity index (χ1) is 11.7. The normalized spacial score (nSPS) is 34.0. The Hall–Kier alpha value is -1.05. The highest BCUT2D eigenvalue weighted by Crippen LogP contribution is 2.43. The van der Waals surface area contributed by atoms with E-state index in [0.717, 1.165) is 56.7 Å². The fourth-order valence-electron chi connectivity index (χ4n) is 4.63. The molecule has 0 aromatic carbocycles. The molecule has 1 saturated heterocycles. The summed E-state index contributed by atoms with van der Waals surface area (Å²) < 4.78 is 5.38. The summed E-state index contributed by atoms with van der Waals surface area (Å²) in [6, 6.07) is 0. The highest BCUT2D eigenvalue weighted by molar-refractivity contribution is 7.15. The largest absolute Gasteiger partial charge is 0.393 e. The molecular formula is C17H25N3O3S. The summed E-state index contributed by atoms with van der Waals surface area (Å²) in [5.41, 5.74) is 0. The summed E-state index contributed by atoms with van der Waals surface area (Å²) in [7, 11) is 0. The molecule has 4 atom stereocenters. The van der Waals surface area contributed by atoms with E-state index in [1.165, 1.54) is 17.8 Å². The lowest BCUT2D eigenvalue weighted by Crippen LogP contribution is -2.37. The third-order valence-corrected chi connectivity index (χ3v) is 6.73. The SMILES string of the molecule is O=C(Nc1nnc(C2CCOCC2)s1)C1C[C@H]2CC(O)C[C@@H](C1)C2. The minimum absolute atomic E-state index is 0.0525. The van der Waals surface area contributed by atoms with Gasteiger partial charge in [0.05, 0.1) is 6.10 Å². The van der Waals surface area contributed by atoms with Crippen molar-refractivity contribution in [2.45, 2.75) is 57.0 Å². The molecule has 1 aromatic rings. The molecule has 1 aromatic heterocycles. The molecule has 132 valence electrons. The molecule has 3 aliphatic rings. The molecule has 2 N–H and O–H groups in total. The number of aliphatic hydroxyl groups excluding tert-OH is 1. The lowest BCUT2D eigenvalue weighted by Gasteiger charge is -2.40. The van der Waals surface area contributed by atoms with E-state index in [1.54, 1.807) is 0 Å². The zero-order valence-electron chi connectivity index (χ0n) is 13.8. The fourth-order valence-corrected chi connectivity index (χ4v) is 5.55. The van der Waals surface area contributed by atoms with E-state index in [0.29, 0.717) is 22.9 Å². The monoisotopic (exact) mass is 351 g/mol. The van der Waals surface area contributed by atoms with Gasteiger partial charge in [0, 0.05) is 25.0 Å². The first-order valence-electron chi connectivity index (χ1n) is 9.07. The molecule has 7 heteroatoms. The zero-order valence-corrected chi connectivity index (χ0v) is 14.6. The molecule has 0 radical (unpaired) electrons. The predicted octanol–water partition coefficient (Wildman–Crippen LogP) is 2.56. The Morgan fingerprint density at radius 3 is 2.50 bits per heavy atom. The number of rotatable bonds is 3. The lowest BCUT2D eigenvalue weighted by molar-refractivity contribution is -0.123. The van der Waals surface area contributed by atoms with Gasteiger partial charge in [0.1, 0.15) is 5.01 Å². The van der Waals surface area contributed by atoms with Crippen LogP contribution in [-0.4, -0.2) is 40.5 Å². The van der Waals surface area contributed by atoms with Crippen molar-refractivity contribution in [2.24, 2.45) is 17.8 Å². The molecule has 2 saturated carbocycles. The standard InChI is InChI=1S/C17H25N3O3S/c21-14-8-10-5-11(9-14)7-13(6-10)15(22)18-17-20-19-16(24-17)12-1-3-23-4-2-12/h10-14,21H,1-9H2,(H,18,20,22)/t10-,11+,13?,14?. The van der Waals surface area contributed by atoms with Crippen molar-refractivity contribution in [3.63, 3.8) is 0 Å². The Morgan fingerprint density at radius 2 is 1.79 bits per heavy atom. The number of amides is 1. The van der Waals surface area contributed by atoms with Gasteiger partial charge in [-0.15, -0.1) is 10.2 Å². The van der Waals surface area contributed by atoms with Gasteiger partial charge in [-0.25, -0.2) is 0 Å². The zero-order chi connectivity index (χ0) is 16.5. The minimum atomic E-state index is -0.164. The van der Waals surface area contributed by atoms with Crippen LogP contribution in [-0.2, 0) is 9.53 Å². The number of nitrogens with zero attached hydrogens (tertiary/aromatic N) is 2. The average molecular weight is 351 g/mol. The van der Waals surface area contributed by atoms with Crippen molar-refractivity contribution in [1.29, 1.82) is 0 Å². The van der Waals surface area contributed by atoms with E-state index >= 15 is 0 Å². The summed E-state index contributed by atoms with van der Waals surface area (Å²) in [6.07, 6.45) is 6.47. The number of fused-ring (bicyclic) bond motifs is 2. The van der Waals surface area contributed by atoms with E-state index in [9.17, 15) is 9.90 Å². The second kappa shape index (κ2) is 7.06. The Balaban J connectivity index is 1.35. The van der Waals surface area contributed by atoms with Crippen LogP contribution in [0.15, 0.2) is 0 Å². The highest BCUT2D eigenvalue weighted by Gasteiger charge is 2.38. The number of carbonyl (C=O) groups excluding carboxylic acids is 1. The first-order valence-corrected chi connectivity index (χ1v) is 9.89. The Labute approximate surface area is 146 Å². The maximum atomic E-state index is 12.6. The number of anilines is 1. The number of carbonyl (C=O) groups is 1. The molecule has 4 rings (SSSR count). The smallest absolute Gasteiger partial charge is 0.229 e. The molecule has 2 heterocycles. The topological polar surface area (TPSA) is 84.3 Å². The number of hydrogen-bond acceptors (Lipinski definition) is 6. The van der Waals surface area contributed by atoms with Crippen LogP contribution >= 0.6 is 11.3 Å². The van der Waals surface area contributed by atoms with Gasteiger partial charge >= 0.3 is 0 Å². The highest BCUT2D eigenvalue weighted by atomic mass is 32.1. The fraction of sp³-hybridized carbons (Fsp3) is 0.824.